The Morgan fingerprint density at radius 1 is 1.19 bits per heavy atom. The van der Waals surface area contributed by atoms with Gasteiger partial charge in [0, 0.05) is 11.5 Å². The molecule has 1 saturated heterocycles. The third-order valence-electron chi connectivity index (χ3n) is 7.19. The van der Waals surface area contributed by atoms with Gasteiger partial charge in [-0.05, 0) is 101 Å². The van der Waals surface area contributed by atoms with Crippen LogP contribution in [0, 0.1) is 5.92 Å². The molecular weight excluding hydrogens is 398 g/mol. The number of ether oxygens (including phenoxy) is 1. The van der Waals surface area contributed by atoms with Gasteiger partial charge in [-0.15, -0.1) is 0 Å². The minimum absolute atomic E-state index is 0.102. The predicted molar refractivity (Wildman–Crippen MR) is 129 cm³/mol. The number of aryl methyl sites for hydroxylation is 1. The highest BCUT2D eigenvalue weighted by Crippen LogP contribution is 2.42. The predicted octanol–water partition coefficient (Wildman–Crippen LogP) is 6.06. The van der Waals surface area contributed by atoms with Crippen LogP contribution in [0.3, 0.4) is 0 Å². The first kappa shape index (κ1) is 22.8. The largest absolute Gasteiger partial charge is 0.507 e. The highest BCUT2D eigenvalue weighted by molar-refractivity contribution is 5.75. The smallest absolute Gasteiger partial charge is 0.325 e. The molecule has 4 rings (SSSR count). The Hall–Kier alpha value is -2.33. The quantitative estimate of drug-likeness (QED) is 0.335. The first-order valence-electron chi connectivity index (χ1n) is 12.4. The molecule has 1 N–H and O–H groups in total. The Kier molecular flexibility index (Phi) is 7.51. The molecule has 0 saturated carbocycles. The van der Waals surface area contributed by atoms with Crippen LogP contribution in [0.15, 0.2) is 47.6 Å². The molecule has 2 aliphatic carbocycles. The summed E-state index contributed by atoms with van der Waals surface area (Å²) in [6.07, 6.45) is 17.6. The maximum atomic E-state index is 12.9. The molecule has 1 aliphatic heterocycles. The average Bonchev–Trinajstić information content (AvgIpc) is 2.80. The van der Waals surface area contributed by atoms with E-state index in [2.05, 4.69) is 36.1 Å². The van der Waals surface area contributed by atoms with Gasteiger partial charge in [0.2, 0.25) is 0 Å². The van der Waals surface area contributed by atoms with Gasteiger partial charge in [-0.2, -0.15) is 0 Å². The van der Waals surface area contributed by atoms with Gasteiger partial charge in [-0.25, -0.2) is 0 Å². The molecule has 1 aromatic rings. The number of hydrogen-bond acceptors (Lipinski definition) is 4. The summed E-state index contributed by atoms with van der Waals surface area (Å²) in [5, 5.41) is 10.8. The molecule has 1 unspecified atom stereocenters. The topological polar surface area (TPSA) is 49.8 Å². The number of carbonyl (C=O) groups excluding carboxylic acids is 1. The molecule has 1 aromatic carbocycles. The van der Waals surface area contributed by atoms with Crippen molar-refractivity contribution in [2.24, 2.45) is 5.92 Å². The summed E-state index contributed by atoms with van der Waals surface area (Å²) >= 11 is 0. The number of phenolic OH excluding ortho intramolecular Hbond substituents is 1. The van der Waals surface area contributed by atoms with Gasteiger partial charge in [-0.3, -0.25) is 9.69 Å². The molecule has 4 heteroatoms. The molecule has 0 radical (unpaired) electrons. The molecule has 3 aliphatic rings. The van der Waals surface area contributed by atoms with E-state index in [0.717, 1.165) is 75.6 Å². The highest BCUT2D eigenvalue weighted by atomic mass is 16.5. The van der Waals surface area contributed by atoms with Gasteiger partial charge in [0.15, 0.2) is 0 Å². The van der Waals surface area contributed by atoms with E-state index >= 15 is 0 Å². The summed E-state index contributed by atoms with van der Waals surface area (Å²) < 4.78 is 5.91. The van der Waals surface area contributed by atoms with Gasteiger partial charge >= 0.3 is 5.97 Å². The van der Waals surface area contributed by atoms with Crippen LogP contribution in [0.1, 0.15) is 75.8 Å². The molecule has 0 bridgehead atoms. The van der Waals surface area contributed by atoms with Crippen LogP contribution in [0.25, 0.3) is 0 Å². The number of esters is 1. The zero-order valence-electron chi connectivity index (χ0n) is 19.6. The highest BCUT2D eigenvalue weighted by Gasteiger charge is 2.26. The number of allylic oxidation sites excluding steroid dienone is 6. The SMILES string of the molecule is CCc1cc(O)c(C2C=C(C)CCC2)c(OC(=O)CN2CCC(C3=CCCC=C3)CC2)c1. The summed E-state index contributed by atoms with van der Waals surface area (Å²) in [5.74, 6) is 1.27. The van der Waals surface area contributed by atoms with Crippen LogP contribution >= 0.6 is 0 Å². The lowest BCUT2D eigenvalue weighted by Gasteiger charge is -2.32. The van der Waals surface area contributed by atoms with E-state index in [1.165, 1.54) is 11.1 Å². The number of piperidine rings is 1. The van der Waals surface area contributed by atoms with Crippen LogP contribution in [-0.2, 0) is 11.2 Å². The second-order valence-electron chi connectivity index (χ2n) is 9.60. The first-order chi connectivity index (χ1) is 15.5. The fraction of sp³-hybridized carbons (Fsp3) is 0.536. The second kappa shape index (κ2) is 10.5. The molecule has 0 amide bonds. The lowest BCUT2D eigenvalue weighted by molar-refractivity contribution is -0.136. The minimum Gasteiger partial charge on any atom is -0.507 e. The fourth-order valence-electron chi connectivity index (χ4n) is 5.37. The number of benzene rings is 1. The Bertz CT molecular complexity index is 919. The molecule has 32 heavy (non-hydrogen) atoms. The Morgan fingerprint density at radius 3 is 2.69 bits per heavy atom. The maximum absolute atomic E-state index is 12.9. The van der Waals surface area contributed by atoms with Crippen molar-refractivity contribution in [1.82, 2.24) is 4.90 Å². The van der Waals surface area contributed by atoms with E-state index in [1.807, 2.05) is 19.1 Å². The van der Waals surface area contributed by atoms with E-state index in [1.54, 1.807) is 0 Å². The zero-order chi connectivity index (χ0) is 22.5. The number of hydrogen-bond donors (Lipinski definition) is 1. The van der Waals surface area contributed by atoms with Crippen molar-refractivity contribution in [2.75, 3.05) is 19.6 Å². The summed E-state index contributed by atoms with van der Waals surface area (Å²) in [5.41, 5.74) is 4.57. The van der Waals surface area contributed by atoms with Crippen molar-refractivity contribution in [3.8, 4) is 11.5 Å². The van der Waals surface area contributed by atoms with Gasteiger partial charge < -0.3 is 9.84 Å². The van der Waals surface area contributed by atoms with E-state index in [4.69, 9.17) is 4.74 Å². The number of carbonyl (C=O) groups is 1. The van der Waals surface area contributed by atoms with Crippen molar-refractivity contribution in [2.45, 2.75) is 71.1 Å². The van der Waals surface area contributed by atoms with E-state index in [9.17, 15) is 9.90 Å². The Morgan fingerprint density at radius 2 is 2.00 bits per heavy atom. The third kappa shape index (κ3) is 5.53. The minimum atomic E-state index is -0.231. The fourth-order valence-corrected chi connectivity index (χ4v) is 5.37. The van der Waals surface area contributed by atoms with E-state index < -0.39 is 0 Å². The molecule has 172 valence electrons. The number of rotatable bonds is 6. The Labute approximate surface area is 192 Å². The van der Waals surface area contributed by atoms with Crippen LogP contribution in [0.2, 0.25) is 0 Å². The van der Waals surface area contributed by atoms with Crippen molar-refractivity contribution in [3.63, 3.8) is 0 Å². The van der Waals surface area contributed by atoms with E-state index in [0.29, 0.717) is 18.2 Å². The molecule has 1 atom stereocenters. The van der Waals surface area contributed by atoms with Crippen LogP contribution in [-0.4, -0.2) is 35.6 Å². The standard InChI is InChI=1S/C28H37NO3/c1-3-21-17-25(30)28(24-11-7-8-20(2)16-24)26(18-21)32-27(31)19-29-14-12-23(13-15-29)22-9-5-4-6-10-22/h5,9-10,16-18,23-24,30H,3-4,6-8,11-15,19H2,1-2H3. The Balaban J connectivity index is 1.41. The summed E-state index contributed by atoms with van der Waals surface area (Å²) in [6, 6.07) is 3.77. The molecular formula is C28H37NO3. The molecule has 0 aromatic heterocycles. The van der Waals surface area contributed by atoms with Gasteiger partial charge in [0.25, 0.3) is 0 Å². The maximum Gasteiger partial charge on any atom is 0.325 e. The number of aromatic hydroxyl groups is 1. The average molecular weight is 436 g/mol. The van der Waals surface area contributed by atoms with Crippen molar-refractivity contribution < 1.29 is 14.6 Å². The molecule has 1 heterocycles. The normalized spacial score (nSPS) is 22.4. The van der Waals surface area contributed by atoms with Crippen molar-refractivity contribution in [1.29, 1.82) is 0 Å². The summed E-state index contributed by atoms with van der Waals surface area (Å²) in [6.45, 7) is 6.33. The van der Waals surface area contributed by atoms with Crippen LogP contribution in [0.4, 0.5) is 0 Å². The van der Waals surface area contributed by atoms with Gasteiger partial charge in [0.1, 0.15) is 11.5 Å². The molecule has 0 spiro atoms. The molecule has 4 nitrogen and oxygen atoms in total. The lowest BCUT2D eigenvalue weighted by Crippen LogP contribution is -2.39. The van der Waals surface area contributed by atoms with Crippen LogP contribution in [0.5, 0.6) is 11.5 Å². The molecule has 1 fully saturated rings. The van der Waals surface area contributed by atoms with Gasteiger partial charge in [-0.1, -0.05) is 36.8 Å². The van der Waals surface area contributed by atoms with Gasteiger partial charge in [0.05, 0.1) is 6.54 Å². The lowest BCUT2D eigenvalue weighted by atomic mass is 9.84. The summed E-state index contributed by atoms with van der Waals surface area (Å²) in [4.78, 5) is 15.1. The second-order valence-corrected chi connectivity index (χ2v) is 9.60. The number of phenols is 1. The number of nitrogens with zero attached hydrogens (tertiary/aromatic N) is 1. The monoisotopic (exact) mass is 435 g/mol. The summed E-state index contributed by atoms with van der Waals surface area (Å²) in [7, 11) is 0. The van der Waals surface area contributed by atoms with Crippen molar-refractivity contribution in [3.05, 3.63) is 58.7 Å². The first-order valence-corrected chi connectivity index (χ1v) is 12.4. The van der Waals surface area contributed by atoms with E-state index in [-0.39, 0.29) is 17.6 Å². The number of likely N-dealkylation sites (tertiary alicyclic amines) is 1. The van der Waals surface area contributed by atoms with Crippen LogP contribution < -0.4 is 4.74 Å². The van der Waals surface area contributed by atoms with Crippen molar-refractivity contribution >= 4 is 5.97 Å². The zero-order valence-corrected chi connectivity index (χ0v) is 19.6. The third-order valence-corrected chi connectivity index (χ3v) is 7.19.